The van der Waals surface area contributed by atoms with E-state index >= 15 is 0 Å². The van der Waals surface area contributed by atoms with Crippen LogP contribution in [-0.2, 0) is 11.3 Å². The zero-order valence-corrected chi connectivity index (χ0v) is 12.0. The first-order valence-corrected chi connectivity index (χ1v) is 7.03. The van der Waals surface area contributed by atoms with Crippen molar-refractivity contribution < 1.29 is 14.2 Å². The Morgan fingerprint density at radius 3 is 2.81 bits per heavy atom. The molecule has 0 spiro atoms. The fraction of sp³-hybridized carbons (Fsp3) is 0.294. The van der Waals surface area contributed by atoms with Crippen LogP contribution in [0.3, 0.4) is 0 Å². The molecule has 2 aromatic carbocycles. The molecule has 0 bridgehead atoms. The van der Waals surface area contributed by atoms with Crippen LogP contribution in [-0.4, -0.2) is 13.3 Å². The predicted molar refractivity (Wildman–Crippen MR) is 80.3 cm³/mol. The normalized spacial score (nSPS) is 14.2. The van der Waals surface area contributed by atoms with Crippen LogP contribution in [0.4, 0.5) is 0 Å². The van der Waals surface area contributed by atoms with Crippen LogP contribution in [0.25, 0.3) is 0 Å². The lowest BCUT2D eigenvalue weighted by atomic mass is 10.1. The van der Waals surface area contributed by atoms with E-state index in [1.54, 1.807) is 0 Å². The molecule has 21 heavy (non-hydrogen) atoms. The van der Waals surface area contributed by atoms with Gasteiger partial charge < -0.3 is 19.9 Å². The van der Waals surface area contributed by atoms with Gasteiger partial charge in [0.1, 0.15) is 0 Å². The number of hydrogen-bond donors (Lipinski definition) is 1. The summed E-state index contributed by atoms with van der Waals surface area (Å²) in [4.78, 5) is 0. The Morgan fingerprint density at radius 2 is 2.00 bits per heavy atom. The Balaban J connectivity index is 1.68. The van der Waals surface area contributed by atoms with Crippen molar-refractivity contribution in [3.8, 4) is 11.5 Å². The molecule has 1 aliphatic rings. The van der Waals surface area contributed by atoms with Gasteiger partial charge in [-0.2, -0.15) is 0 Å². The van der Waals surface area contributed by atoms with E-state index in [1.165, 1.54) is 5.56 Å². The Labute approximate surface area is 124 Å². The van der Waals surface area contributed by atoms with Gasteiger partial charge in [0, 0.05) is 6.54 Å². The average molecular weight is 285 g/mol. The second-order valence-corrected chi connectivity index (χ2v) is 5.14. The van der Waals surface area contributed by atoms with E-state index in [4.69, 9.17) is 19.9 Å². The summed E-state index contributed by atoms with van der Waals surface area (Å²) in [5.74, 6) is 1.56. The zero-order valence-electron chi connectivity index (χ0n) is 12.0. The fourth-order valence-corrected chi connectivity index (χ4v) is 2.40. The SMILES string of the molecule is Cc1cccc(C(CN)OCc2ccc3c(c2)OCO3)c1. The summed E-state index contributed by atoms with van der Waals surface area (Å²) in [6.45, 7) is 3.30. The number of nitrogens with two attached hydrogens (primary N) is 1. The molecule has 0 saturated heterocycles. The zero-order chi connectivity index (χ0) is 14.7. The lowest BCUT2D eigenvalue weighted by Gasteiger charge is -2.17. The van der Waals surface area contributed by atoms with Crippen molar-refractivity contribution in [1.82, 2.24) is 0 Å². The van der Waals surface area contributed by atoms with E-state index in [1.807, 2.05) is 30.3 Å². The van der Waals surface area contributed by atoms with Gasteiger partial charge in [0.05, 0.1) is 12.7 Å². The van der Waals surface area contributed by atoms with Crippen molar-refractivity contribution in [2.24, 2.45) is 5.73 Å². The Bertz CT molecular complexity index is 627. The van der Waals surface area contributed by atoms with Crippen LogP contribution in [0, 0.1) is 6.92 Å². The molecule has 0 radical (unpaired) electrons. The van der Waals surface area contributed by atoms with Crippen molar-refractivity contribution in [1.29, 1.82) is 0 Å². The maximum absolute atomic E-state index is 5.96. The Morgan fingerprint density at radius 1 is 1.14 bits per heavy atom. The molecule has 0 aromatic heterocycles. The number of rotatable bonds is 5. The van der Waals surface area contributed by atoms with Gasteiger partial charge in [-0.05, 0) is 30.2 Å². The summed E-state index contributed by atoms with van der Waals surface area (Å²) >= 11 is 0. The number of benzene rings is 2. The molecule has 3 rings (SSSR count). The maximum Gasteiger partial charge on any atom is 0.231 e. The van der Waals surface area contributed by atoms with Crippen molar-refractivity contribution in [3.63, 3.8) is 0 Å². The minimum Gasteiger partial charge on any atom is -0.454 e. The molecule has 1 heterocycles. The Hall–Kier alpha value is -2.04. The smallest absolute Gasteiger partial charge is 0.231 e. The fourth-order valence-electron chi connectivity index (χ4n) is 2.40. The maximum atomic E-state index is 5.96. The van der Waals surface area contributed by atoms with Crippen LogP contribution < -0.4 is 15.2 Å². The highest BCUT2D eigenvalue weighted by Gasteiger charge is 2.15. The van der Waals surface area contributed by atoms with Crippen molar-refractivity contribution >= 4 is 0 Å². The highest BCUT2D eigenvalue weighted by molar-refractivity contribution is 5.44. The van der Waals surface area contributed by atoms with Crippen molar-refractivity contribution in [2.45, 2.75) is 19.6 Å². The Kier molecular flexibility index (Phi) is 4.08. The van der Waals surface area contributed by atoms with Crippen LogP contribution in [0.2, 0.25) is 0 Å². The highest BCUT2D eigenvalue weighted by Crippen LogP contribution is 2.33. The standard InChI is InChI=1S/C17H19NO3/c1-12-3-2-4-14(7-12)17(9-18)19-10-13-5-6-15-16(8-13)21-11-20-15/h2-8,17H,9-11,18H2,1H3. The van der Waals surface area contributed by atoms with Gasteiger partial charge in [-0.15, -0.1) is 0 Å². The molecule has 1 unspecified atom stereocenters. The molecule has 2 N–H and O–H groups in total. The molecule has 0 aliphatic carbocycles. The minimum absolute atomic E-state index is 0.102. The first-order valence-electron chi connectivity index (χ1n) is 7.03. The van der Waals surface area contributed by atoms with E-state index < -0.39 is 0 Å². The lowest BCUT2D eigenvalue weighted by molar-refractivity contribution is 0.0455. The third-order valence-corrected chi connectivity index (χ3v) is 3.52. The van der Waals surface area contributed by atoms with Gasteiger partial charge in [-0.3, -0.25) is 0 Å². The number of hydrogen-bond acceptors (Lipinski definition) is 4. The topological polar surface area (TPSA) is 53.7 Å². The van der Waals surface area contributed by atoms with Gasteiger partial charge >= 0.3 is 0 Å². The molecular formula is C17H19NO3. The monoisotopic (exact) mass is 285 g/mol. The summed E-state index contributed by atoms with van der Waals surface area (Å²) in [5.41, 5.74) is 9.20. The van der Waals surface area contributed by atoms with Gasteiger partial charge in [0.15, 0.2) is 11.5 Å². The van der Waals surface area contributed by atoms with Gasteiger partial charge in [-0.25, -0.2) is 0 Å². The second-order valence-electron chi connectivity index (χ2n) is 5.14. The molecule has 1 aliphatic heterocycles. The quantitative estimate of drug-likeness (QED) is 0.917. The van der Waals surface area contributed by atoms with Crippen molar-refractivity contribution in [3.05, 3.63) is 59.2 Å². The molecular weight excluding hydrogens is 266 g/mol. The highest BCUT2D eigenvalue weighted by atomic mass is 16.7. The molecule has 2 aromatic rings. The third-order valence-electron chi connectivity index (χ3n) is 3.52. The molecule has 0 amide bonds. The summed E-state index contributed by atoms with van der Waals surface area (Å²) < 4.78 is 16.6. The summed E-state index contributed by atoms with van der Waals surface area (Å²) in [5, 5.41) is 0. The van der Waals surface area contributed by atoms with Gasteiger partial charge in [0.25, 0.3) is 0 Å². The second kappa shape index (κ2) is 6.16. The molecule has 4 heteroatoms. The van der Waals surface area contributed by atoms with Crippen molar-refractivity contribution in [2.75, 3.05) is 13.3 Å². The number of ether oxygens (including phenoxy) is 3. The van der Waals surface area contributed by atoms with Crippen LogP contribution in [0.15, 0.2) is 42.5 Å². The first kappa shape index (κ1) is 13.9. The largest absolute Gasteiger partial charge is 0.454 e. The summed E-state index contributed by atoms with van der Waals surface area (Å²) in [7, 11) is 0. The average Bonchev–Trinajstić information content (AvgIpc) is 2.95. The predicted octanol–water partition coefficient (Wildman–Crippen LogP) is 2.94. The first-order chi connectivity index (χ1) is 10.3. The number of aryl methyl sites for hydroxylation is 1. The van der Waals surface area contributed by atoms with E-state index in [-0.39, 0.29) is 12.9 Å². The molecule has 110 valence electrons. The van der Waals surface area contributed by atoms with E-state index in [9.17, 15) is 0 Å². The molecule has 0 saturated carbocycles. The van der Waals surface area contributed by atoms with E-state index in [2.05, 4.69) is 19.1 Å². The minimum atomic E-state index is -0.102. The lowest BCUT2D eigenvalue weighted by Crippen LogP contribution is -2.16. The van der Waals surface area contributed by atoms with Crippen LogP contribution in [0.1, 0.15) is 22.8 Å². The van der Waals surface area contributed by atoms with Gasteiger partial charge in [0.2, 0.25) is 6.79 Å². The van der Waals surface area contributed by atoms with Crippen LogP contribution in [0.5, 0.6) is 11.5 Å². The third kappa shape index (κ3) is 3.17. The number of fused-ring (bicyclic) bond motifs is 1. The molecule has 4 nitrogen and oxygen atoms in total. The molecule has 1 atom stereocenters. The van der Waals surface area contributed by atoms with Crippen LogP contribution >= 0.6 is 0 Å². The van der Waals surface area contributed by atoms with Gasteiger partial charge in [-0.1, -0.05) is 35.9 Å². The van der Waals surface area contributed by atoms with E-state index in [0.717, 1.165) is 22.6 Å². The van der Waals surface area contributed by atoms with E-state index in [0.29, 0.717) is 13.2 Å². The summed E-state index contributed by atoms with van der Waals surface area (Å²) in [6.07, 6.45) is -0.102. The summed E-state index contributed by atoms with van der Waals surface area (Å²) in [6, 6.07) is 14.1. The molecule has 0 fully saturated rings.